The second-order valence-electron chi connectivity index (χ2n) is 5.32. The van der Waals surface area contributed by atoms with Gasteiger partial charge in [-0.15, -0.1) is 0 Å². The maximum atomic E-state index is 11.9. The highest BCUT2D eigenvalue weighted by molar-refractivity contribution is 7.80. The van der Waals surface area contributed by atoms with Crippen LogP contribution in [0.2, 0.25) is 0 Å². The number of hydrogen-bond acceptors (Lipinski definition) is 12. The fraction of sp³-hybridized carbons (Fsp3) is 0.750. The van der Waals surface area contributed by atoms with Gasteiger partial charge in [0.2, 0.25) is 0 Å². The van der Waals surface area contributed by atoms with Crippen LogP contribution in [0, 0.1) is 0 Å². The van der Waals surface area contributed by atoms with E-state index < -0.39 is 36.1 Å². The normalized spacial score (nSPS) is 12.6. The summed E-state index contributed by atoms with van der Waals surface area (Å²) in [7, 11) is 0. The molecule has 0 aromatic rings. The molecule has 0 rings (SSSR count). The van der Waals surface area contributed by atoms with Crippen molar-refractivity contribution in [3.05, 3.63) is 0 Å². The Balaban J connectivity index is 5.23. The van der Waals surface area contributed by atoms with Crippen molar-refractivity contribution in [2.24, 2.45) is 0 Å². The molecule has 8 nitrogen and oxygen atoms in total. The van der Waals surface area contributed by atoms with Crippen LogP contribution in [0.15, 0.2) is 0 Å². The predicted octanol–water partition coefficient (Wildman–Crippen LogP) is 1.18. The van der Waals surface area contributed by atoms with Crippen molar-refractivity contribution >= 4 is 74.4 Å². The van der Waals surface area contributed by atoms with Crippen molar-refractivity contribution in [2.45, 2.75) is 37.9 Å². The van der Waals surface area contributed by atoms with Crippen molar-refractivity contribution in [2.75, 3.05) is 36.2 Å². The summed E-state index contributed by atoms with van der Waals surface area (Å²) in [5.41, 5.74) is 0. The molecule has 0 saturated carbocycles. The molecule has 162 valence electrons. The molecule has 0 fully saturated rings. The molecule has 12 heteroatoms. The summed E-state index contributed by atoms with van der Waals surface area (Å²) in [5.74, 6) is -1.31. The molecular weight excluding hydrogens is 448 g/mol. The Bertz CT molecular complexity index is 459. The van der Waals surface area contributed by atoms with E-state index in [9.17, 15) is 19.2 Å². The van der Waals surface area contributed by atoms with Crippen molar-refractivity contribution in [3.63, 3.8) is 0 Å². The summed E-state index contributed by atoms with van der Waals surface area (Å²) in [4.78, 5) is 47.0. The standard InChI is InChI=1S/C16H26O8S4/c17-13(1-5-25)21-9-11(23-15(19)3-7-27)12(24-16(20)4-8-28)10-22-14(18)2-6-26/h11-12,25-28H,1-10H2/t11-,12+. The van der Waals surface area contributed by atoms with E-state index in [1.807, 2.05) is 0 Å². The van der Waals surface area contributed by atoms with Gasteiger partial charge >= 0.3 is 23.9 Å². The van der Waals surface area contributed by atoms with Gasteiger partial charge in [-0.05, 0) is 0 Å². The van der Waals surface area contributed by atoms with E-state index in [1.165, 1.54) is 0 Å². The smallest absolute Gasteiger partial charge is 0.307 e. The van der Waals surface area contributed by atoms with Gasteiger partial charge in [-0.2, -0.15) is 50.5 Å². The van der Waals surface area contributed by atoms with Gasteiger partial charge in [-0.1, -0.05) is 0 Å². The quantitative estimate of drug-likeness (QED) is 0.159. The molecule has 0 heterocycles. The van der Waals surface area contributed by atoms with Crippen LogP contribution < -0.4 is 0 Å². The maximum absolute atomic E-state index is 11.9. The van der Waals surface area contributed by atoms with E-state index >= 15 is 0 Å². The first-order chi connectivity index (χ1) is 13.4. The Morgan fingerprint density at radius 3 is 1.11 bits per heavy atom. The van der Waals surface area contributed by atoms with E-state index in [0.717, 1.165) is 0 Å². The molecule has 0 saturated heterocycles. The van der Waals surface area contributed by atoms with Crippen LogP contribution in [0.3, 0.4) is 0 Å². The SMILES string of the molecule is O=C(CCS)OC[C@H](OC(=O)CCS)[C@@H](COC(=O)CCS)OC(=O)CCS. The molecule has 0 unspecified atom stereocenters. The summed E-state index contributed by atoms with van der Waals surface area (Å²) in [6, 6.07) is 0. The summed E-state index contributed by atoms with van der Waals surface area (Å²) in [5, 5.41) is 0. The second kappa shape index (κ2) is 17.2. The molecule has 0 aliphatic carbocycles. The highest BCUT2D eigenvalue weighted by Crippen LogP contribution is 2.12. The third kappa shape index (κ3) is 13.5. The van der Waals surface area contributed by atoms with E-state index in [0.29, 0.717) is 0 Å². The van der Waals surface area contributed by atoms with Gasteiger partial charge in [0.25, 0.3) is 0 Å². The summed E-state index contributed by atoms with van der Waals surface area (Å²) >= 11 is 15.8. The highest BCUT2D eigenvalue weighted by atomic mass is 32.1. The minimum Gasteiger partial charge on any atom is -0.462 e. The molecule has 0 bridgehead atoms. The number of esters is 4. The van der Waals surface area contributed by atoms with Crippen LogP contribution in [0.5, 0.6) is 0 Å². The molecule has 0 aliphatic heterocycles. The Morgan fingerprint density at radius 1 is 0.536 bits per heavy atom. The number of carbonyl (C=O) groups excluding carboxylic acids is 4. The van der Waals surface area contributed by atoms with E-state index in [1.54, 1.807) is 0 Å². The third-order valence-corrected chi connectivity index (χ3v) is 3.96. The minimum absolute atomic E-state index is 0.000937. The van der Waals surface area contributed by atoms with Gasteiger partial charge < -0.3 is 18.9 Å². The van der Waals surface area contributed by atoms with E-state index in [4.69, 9.17) is 18.9 Å². The number of ether oxygens (including phenoxy) is 4. The fourth-order valence-electron chi connectivity index (χ4n) is 1.75. The van der Waals surface area contributed by atoms with Gasteiger partial charge in [0.1, 0.15) is 13.2 Å². The van der Waals surface area contributed by atoms with Crippen LogP contribution in [0.1, 0.15) is 25.7 Å². The average molecular weight is 475 g/mol. The lowest BCUT2D eigenvalue weighted by Gasteiger charge is -2.26. The first-order valence-corrected chi connectivity index (χ1v) is 11.0. The molecule has 28 heavy (non-hydrogen) atoms. The number of thiol groups is 4. The lowest BCUT2D eigenvalue weighted by atomic mass is 10.2. The lowest BCUT2D eigenvalue weighted by molar-refractivity contribution is -0.182. The van der Waals surface area contributed by atoms with Crippen molar-refractivity contribution in [1.29, 1.82) is 0 Å². The first kappa shape index (κ1) is 27.3. The fourth-order valence-corrected chi connectivity index (χ4v) is 2.48. The Hall–Kier alpha value is -0.720. The molecule has 0 radical (unpaired) electrons. The first-order valence-electron chi connectivity index (χ1n) is 8.51. The van der Waals surface area contributed by atoms with E-state index in [-0.39, 0.29) is 61.9 Å². The van der Waals surface area contributed by atoms with Crippen molar-refractivity contribution in [3.8, 4) is 0 Å². The molecule has 0 N–H and O–H groups in total. The largest absolute Gasteiger partial charge is 0.462 e. The van der Waals surface area contributed by atoms with Crippen molar-refractivity contribution in [1.82, 2.24) is 0 Å². The molecule has 0 aromatic carbocycles. The van der Waals surface area contributed by atoms with Crippen LogP contribution >= 0.6 is 50.5 Å². The topological polar surface area (TPSA) is 105 Å². The molecule has 0 aromatic heterocycles. The van der Waals surface area contributed by atoms with Gasteiger partial charge in [-0.3, -0.25) is 19.2 Å². The second-order valence-corrected chi connectivity index (χ2v) is 7.11. The average Bonchev–Trinajstić information content (AvgIpc) is 2.63. The predicted molar refractivity (Wildman–Crippen MR) is 116 cm³/mol. The van der Waals surface area contributed by atoms with Gasteiger partial charge in [0.05, 0.1) is 25.7 Å². The van der Waals surface area contributed by atoms with Gasteiger partial charge in [0.15, 0.2) is 12.2 Å². The number of carbonyl (C=O) groups is 4. The van der Waals surface area contributed by atoms with Crippen LogP contribution in [-0.2, 0) is 38.1 Å². The van der Waals surface area contributed by atoms with Crippen LogP contribution in [-0.4, -0.2) is 72.3 Å². The molecule has 0 spiro atoms. The number of hydrogen-bond donors (Lipinski definition) is 4. The zero-order valence-electron chi connectivity index (χ0n) is 15.3. The maximum Gasteiger partial charge on any atom is 0.307 e. The summed E-state index contributed by atoms with van der Waals surface area (Å²) in [6.07, 6.45) is -2.18. The zero-order chi connectivity index (χ0) is 21.4. The number of rotatable bonds is 15. The summed E-state index contributed by atoms with van der Waals surface area (Å²) in [6.45, 7) is -0.734. The molecule has 2 atom stereocenters. The molecule has 0 aliphatic rings. The highest BCUT2D eigenvalue weighted by Gasteiger charge is 2.31. The van der Waals surface area contributed by atoms with Crippen molar-refractivity contribution < 1.29 is 38.1 Å². The monoisotopic (exact) mass is 474 g/mol. The summed E-state index contributed by atoms with van der Waals surface area (Å²) < 4.78 is 20.6. The molecular formula is C16H26O8S4. The zero-order valence-corrected chi connectivity index (χ0v) is 18.9. The van der Waals surface area contributed by atoms with Gasteiger partial charge in [0, 0.05) is 23.0 Å². The van der Waals surface area contributed by atoms with Gasteiger partial charge in [-0.25, -0.2) is 0 Å². The lowest BCUT2D eigenvalue weighted by Crippen LogP contribution is -2.42. The Morgan fingerprint density at radius 2 is 0.821 bits per heavy atom. The minimum atomic E-state index is -1.15. The third-order valence-electron chi connectivity index (χ3n) is 3.06. The molecule has 0 amide bonds. The van der Waals surface area contributed by atoms with E-state index in [2.05, 4.69) is 50.5 Å². The Labute approximate surface area is 186 Å². The Kier molecular flexibility index (Phi) is 16.7. The van der Waals surface area contributed by atoms with Crippen LogP contribution in [0.4, 0.5) is 0 Å². The van der Waals surface area contributed by atoms with Crippen LogP contribution in [0.25, 0.3) is 0 Å².